The van der Waals surface area contributed by atoms with Crippen molar-refractivity contribution in [2.45, 2.75) is 43.0 Å². The number of thioether (sulfide) groups is 1. The topological polar surface area (TPSA) is 62.3 Å². The van der Waals surface area contributed by atoms with Gasteiger partial charge in [0.25, 0.3) is 0 Å². The van der Waals surface area contributed by atoms with Crippen molar-refractivity contribution in [3.63, 3.8) is 0 Å². The van der Waals surface area contributed by atoms with Gasteiger partial charge < -0.3 is 10.2 Å². The SMILES string of the molecule is CCC(=O)NC1c2cncc(-c3ccc4c(c3)SC(=C=O)N4C)c2C2CC1C2. The highest BCUT2D eigenvalue weighted by molar-refractivity contribution is 8.04. The fourth-order valence-electron chi connectivity index (χ4n) is 4.73. The number of benzene rings is 1. The van der Waals surface area contributed by atoms with Crippen LogP contribution in [0, 0.1) is 5.92 Å². The maximum atomic E-state index is 12.1. The molecule has 4 aliphatic rings. The van der Waals surface area contributed by atoms with Crippen LogP contribution in [0.5, 0.6) is 0 Å². The fourth-order valence-corrected chi connectivity index (χ4v) is 5.71. The highest BCUT2D eigenvalue weighted by atomic mass is 32.2. The van der Waals surface area contributed by atoms with Gasteiger partial charge in [0.1, 0.15) is 0 Å². The van der Waals surface area contributed by atoms with Crippen molar-refractivity contribution >= 4 is 29.3 Å². The van der Waals surface area contributed by atoms with Crippen LogP contribution in [-0.2, 0) is 9.59 Å². The van der Waals surface area contributed by atoms with Gasteiger partial charge >= 0.3 is 0 Å². The second-order valence-electron chi connectivity index (χ2n) is 7.77. The molecule has 2 bridgehead atoms. The van der Waals surface area contributed by atoms with Crippen LogP contribution < -0.4 is 10.2 Å². The van der Waals surface area contributed by atoms with Gasteiger partial charge in [0, 0.05) is 36.3 Å². The van der Waals surface area contributed by atoms with E-state index < -0.39 is 0 Å². The molecule has 1 aromatic carbocycles. The minimum atomic E-state index is 0.0689. The lowest BCUT2D eigenvalue weighted by molar-refractivity contribution is -0.122. The van der Waals surface area contributed by atoms with Crippen LogP contribution in [0.3, 0.4) is 0 Å². The van der Waals surface area contributed by atoms with Crippen molar-refractivity contribution in [1.82, 2.24) is 10.3 Å². The normalized spacial score (nSPS) is 24.1. The molecule has 0 radical (unpaired) electrons. The predicted octanol–water partition coefficient (Wildman–Crippen LogP) is 4.04. The van der Waals surface area contributed by atoms with E-state index in [-0.39, 0.29) is 11.9 Å². The second kappa shape index (κ2) is 6.50. The Morgan fingerprint density at radius 2 is 2.18 bits per heavy atom. The number of pyridine rings is 1. The zero-order valence-electron chi connectivity index (χ0n) is 15.9. The third-order valence-corrected chi connectivity index (χ3v) is 7.37. The molecule has 1 unspecified atom stereocenters. The smallest absolute Gasteiger partial charge is 0.220 e. The summed E-state index contributed by atoms with van der Waals surface area (Å²) in [5, 5.41) is 3.80. The largest absolute Gasteiger partial charge is 0.349 e. The van der Waals surface area contributed by atoms with Crippen LogP contribution in [0.25, 0.3) is 11.1 Å². The quantitative estimate of drug-likeness (QED) is 0.800. The fraction of sp³-hybridized carbons (Fsp3) is 0.364. The molecular formula is C22H21N3O2S. The minimum absolute atomic E-state index is 0.0689. The number of nitrogens with one attached hydrogen (secondary N) is 1. The number of rotatable bonds is 3. The standard InChI is InChI=1S/C22H21N3O2S/c1-3-19(27)24-22-14-6-13(7-14)21-15(9-23-10-16(21)22)12-4-5-17-18(8-12)28-20(11-26)25(17)2/h4-5,8-10,13-14,22H,3,6-7H2,1-2H3,(H,24,27). The molecule has 6 rings (SSSR count). The van der Waals surface area contributed by atoms with E-state index >= 15 is 0 Å². The zero-order chi connectivity index (χ0) is 19.4. The molecule has 0 saturated heterocycles. The molecular weight excluding hydrogens is 370 g/mol. The van der Waals surface area contributed by atoms with E-state index in [1.165, 1.54) is 22.9 Å². The van der Waals surface area contributed by atoms with Crippen LogP contribution >= 0.6 is 11.8 Å². The maximum absolute atomic E-state index is 12.1. The Balaban J connectivity index is 1.58. The molecule has 0 spiro atoms. The number of carbonyl (C=O) groups is 1. The van der Waals surface area contributed by atoms with Crippen molar-refractivity contribution in [3.8, 4) is 11.1 Å². The van der Waals surface area contributed by atoms with E-state index in [1.54, 1.807) is 0 Å². The average molecular weight is 391 g/mol. The molecule has 28 heavy (non-hydrogen) atoms. The van der Waals surface area contributed by atoms with Gasteiger partial charge in [0.2, 0.25) is 5.91 Å². The number of hydrogen-bond donors (Lipinski definition) is 1. The number of hydrogen-bond acceptors (Lipinski definition) is 5. The number of carbonyl (C=O) groups excluding carboxylic acids is 2. The van der Waals surface area contributed by atoms with Crippen molar-refractivity contribution < 1.29 is 9.59 Å². The Kier molecular flexibility index (Phi) is 4.07. The van der Waals surface area contributed by atoms with Crippen LogP contribution in [-0.4, -0.2) is 23.9 Å². The number of nitrogens with zero attached hydrogens (tertiary/aromatic N) is 2. The van der Waals surface area contributed by atoms with E-state index in [4.69, 9.17) is 0 Å². The molecule has 1 N–H and O–H groups in total. The van der Waals surface area contributed by atoms with E-state index in [2.05, 4.69) is 28.5 Å². The Morgan fingerprint density at radius 3 is 2.93 bits per heavy atom. The molecule has 1 aliphatic heterocycles. The second-order valence-corrected chi connectivity index (χ2v) is 8.80. The van der Waals surface area contributed by atoms with Gasteiger partial charge in [-0.1, -0.05) is 24.8 Å². The van der Waals surface area contributed by atoms with Gasteiger partial charge in [-0.3, -0.25) is 9.78 Å². The summed E-state index contributed by atoms with van der Waals surface area (Å²) >= 11 is 1.45. The summed E-state index contributed by atoms with van der Waals surface area (Å²) in [6.45, 7) is 1.89. The summed E-state index contributed by atoms with van der Waals surface area (Å²) < 4.78 is 0. The third-order valence-electron chi connectivity index (χ3n) is 6.28. The first kappa shape index (κ1) is 17.5. The molecule has 6 heteroatoms. The van der Waals surface area contributed by atoms with Crippen molar-refractivity contribution in [2.75, 3.05) is 11.9 Å². The maximum Gasteiger partial charge on any atom is 0.220 e. The van der Waals surface area contributed by atoms with Gasteiger partial charge in [-0.25, -0.2) is 4.79 Å². The lowest BCUT2D eigenvalue weighted by atomic mass is 9.59. The Morgan fingerprint density at radius 1 is 1.36 bits per heavy atom. The molecule has 1 saturated carbocycles. The Labute approximate surface area is 168 Å². The monoisotopic (exact) mass is 391 g/mol. The molecule has 142 valence electrons. The van der Waals surface area contributed by atoms with Crippen molar-refractivity contribution in [3.05, 3.63) is 46.7 Å². The number of anilines is 1. The summed E-state index contributed by atoms with van der Waals surface area (Å²) in [4.78, 5) is 30.7. The zero-order valence-corrected chi connectivity index (χ0v) is 16.7. The van der Waals surface area contributed by atoms with Crippen LogP contribution in [0.1, 0.15) is 49.3 Å². The van der Waals surface area contributed by atoms with Crippen molar-refractivity contribution in [2.24, 2.45) is 5.92 Å². The highest BCUT2D eigenvalue weighted by Crippen LogP contribution is 2.57. The predicted molar refractivity (Wildman–Crippen MR) is 110 cm³/mol. The average Bonchev–Trinajstić information content (AvgIpc) is 3.01. The van der Waals surface area contributed by atoms with Gasteiger partial charge in [-0.2, -0.15) is 0 Å². The first-order chi connectivity index (χ1) is 13.6. The number of fused-ring (bicyclic) bond motifs is 1. The lowest BCUT2D eigenvalue weighted by Gasteiger charge is -2.48. The summed E-state index contributed by atoms with van der Waals surface area (Å²) in [6, 6.07) is 6.37. The summed E-state index contributed by atoms with van der Waals surface area (Å²) in [6.07, 6.45) is 6.62. The molecule has 1 aromatic heterocycles. The summed E-state index contributed by atoms with van der Waals surface area (Å²) in [5.41, 5.74) is 5.79. The van der Waals surface area contributed by atoms with Gasteiger partial charge in [0.15, 0.2) is 11.0 Å². The van der Waals surface area contributed by atoms with E-state index in [0.29, 0.717) is 23.3 Å². The van der Waals surface area contributed by atoms with Gasteiger partial charge in [-0.05, 0) is 53.5 Å². The first-order valence-electron chi connectivity index (χ1n) is 9.69. The van der Waals surface area contributed by atoms with Gasteiger partial charge in [0.05, 0.1) is 11.7 Å². The minimum Gasteiger partial charge on any atom is -0.349 e. The molecule has 2 heterocycles. The van der Waals surface area contributed by atoms with Gasteiger partial charge in [-0.15, -0.1) is 0 Å². The van der Waals surface area contributed by atoms with Crippen LogP contribution in [0.2, 0.25) is 0 Å². The third kappa shape index (κ3) is 2.52. The molecule has 1 amide bonds. The van der Waals surface area contributed by atoms with E-state index in [9.17, 15) is 9.59 Å². The Hall–Kier alpha value is -2.56. The highest BCUT2D eigenvalue weighted by Gasteiger charge is 2.45. The van der Waals surface area contributed by atoms with Crippen LogP contribution in [0.4, 0.5) is 5.69 Å². The van der Waals surface area contributed by atoms with E-state index in [0.717, 1.165) is 34.6 Å². The number of aromatic nitrogens is 1. The number of amides is 1. The summed E-state index contributed by atoms with van der Waals surface area (Å²) in [5.74, 6) is 3.18. The molecule has 3 aliphatic carbocycles. The summed E-state index contributed by atoms with van der Waals surface area (Å²) in [7, 11) is 1.89. The first-order valence-corrected chi connectivity index (χ1v) is 10.5. The Bertz CT molecular complexity index is 1040. The molecule has 1 fully saturated rings. The van der Waals surface area contributed by atoms with Crippen molar-refractivity contribution in [1.29, 1.82) is 0 Å². The lowest BCUT2D eigenvalue weighted by Crippen LogP contribution is -2.43. The molecule has 2 aromatic rings. The molecule has 5 nitrogen and oxygen atoms in total. The molecule has 1 atom stereocenters. The van der Waals surface area contributed by atoms with Crippen LogP contribution in [0.15, 0.2) is 40.5 Å². The van der Waals surface area contributed by atoms with E-state index in [1.807, 2.05) is 37.2 Å².